The molecular weight excluding hydrogens is 272 g/mol. The largest absolute Gasteiger partial charge is 0.387 e. The highest BCUT2D eigenvalue weighted by Crippen LogP contribution is 2.38. The maximum absolute atomic E-state index is 5.97. The van der Waals surface area contributed by atoms with Gasteiger partial charge in [-0.05, 0) is 48.8 Å². The Labute approximate surface area is 130 Å². The van der Waals surface area contributed by atoms with E-state index >= 15 is 0 Å². The van der Waals surface area contributed by atoms with Crippen molar-refractivity contribution in [3.05, 3.63) is 48.0 Å². The van der Waals surface area contributed by atoms with Gasteiger partial charge in [-0.25, -0.2) is 9.97 Å². The molecule has 0 radical (unpaired) electrons. The number of hydrogen-bond acceptors (Lipinski definition) is 4. The first kappa shape index (κ1) is 13.4. The summed E-state index contributed by atoms with van der Waals surface area (Å²) in [5.74, 6) is 0.830. The van der Waals surface area contributed by atoms with Gasteiger partial charge in [-0.1, -0.05) is 18.2 Å². The second-order valence-electron chi connectivity index (χ2n) is 6.47. The molecule has 1 aromatic heterocycles. The van der Waals surface area contributed by atoms with E-state index in [0.717, 1.165) is 43.5 Å². The van der Waals surface area contributed by atoms with Crippen molar-refractivity contribution in [2.75, 3.05) is 0 Å². The lowest BCUT2D eigenvalue weighted by Gasteiger charge is -2.24. The summed E-state index contributed by atoms with van der Waals surface area (Å²) in [6.45, 7) is 0. The van der Waals surface area contributed by atoms with Crippen molar-refractivity contribution in [1.29, 1.82) is 0 Å². The summed E-state index contributed by atoms with van der Waals surface area (Å²) < 4.78 is 0. The zero-order valence-electron chi connectivity index (χ0n) is 12.6. The minimum absolute atomic E-state index is 0.0428. The monoisotopic (exact) mass is 292 g/mol. The third kappa shape index (κ3) is 2.39. The van der Waals surface area contributed by atoms with Gasteiger partial charge in [-0.2, -0.15) is 0 Å². The lowest BCUT2D eigenvalue weighted by atomic mass is 9.86. The third-order valence-corrected chi connectivity index (χ3v) is 4.94. The maximum atomic E-state index is 5.97. The van der Waals surface area contributed by atoms with Crippen molar-refractivity contribution in [3.63, 3.8) is 0 Å². The Bertz CT molecular complexity index is 723. The molecule has 2 aliphatic rings. The van der Waals surface area contributed by atoms with Crippen LogP contribution in [-0.2, 0) is 12.8 Å². The molecule has 0 saturated heterocycles. The Morgan fingerprint density at radius 3 is 2.59 bits per heavy atom. The fourth-order valence-corrected chi connectivity index (χ4v) is 3.80. The van der Waals surface area contributed by atoms with Gasteiger partial charge in [0.2, 0.25) is 0 Å². The van der Waals surface area contributed by atoms with Crippen LogP contribution in [0.25, 0.3) is 11.1 Å². The smallest absolute Gasteiger partial charge is 0.115 e. The fraction of sp³-hybridized carbons (Fsp3) is 0.389. The van der Waals surface area contributed by atoms with E-state index in [0.29, 0.717) is 0 Å². The lowest BCUT2D eigenvalue weighted by molar-refractivity contribution is 0.392. The average Bonchev–Trinajstić information content (AvgIpc) is 2.80. The van der Waals surface area contributed by atoms with Crippen LogP contribution < -0.4 is 5.73 Å². The molecule has 0 fully saturated rings. The minimum Gasteiger partial charge on any atom is -0.387 e. The number of rotatable bonds is 1. The van der Waals surface area contributed by atoms with Crippen LogP contribution in [0, 0.1) is 0 Å². The Morgan fingerprint density at radius 2 is 1.82 bits per heavy atom. The van der Waals surface area contributed by atoms with E-state index in [-0.39, 0.29) is 5.54 Å². The molecule has 0 bridgehead atoms. The van der Waals surface area contributed by atoms with Crippen molar-refractivity contribution in [3.8, 4) is 11.1 Å². The fourth-order valence-electron chi connectivity index (χ4n) is 3.80. The summed E-state index contributed by atoms with van der Waals surface area (Å²) >= 11 is 0. The second kappa shape index (κ2) is 5.20. The van der Waals surface area contributed by atoms with Crippen LogP contribution in [0.4, 0.5) is 0 Å². The summed E-state index contributed by atoms with van der Waals surface area (Å²) in [5.41, 5.74) is 11.1. The number of nitrogens with zero attached hydrogens (tertiary/aromatic N) is 3. The maximum Gasteiger partial charge on any atom is 0.115 e. The molecule has 1 aliphatic heterocycles. The van der Waals surface area contributed by atoms with Gasteiger partial charge in [-0.3, -0.25) is 4.99 Å². The predicted octanol–water partition coefficient (Wildman–Crippen LogP) is 2.91. The first-order valence-corrected chi connectivity index (χ1v) is 7.96. The molecule has 1 atom stereocenters. The number of nitrogens with two attached hydrogens (primary N) is 1. The summed E-state index contributed by atoms with van der Waals surface area (Å²) in [6, 6.07) is 6.74. The zero-order valence-corrected chi connectivity index (χ0v) is 12.6. The average molecular weight is 292 g/mol. The Hall–Kier alpha value is -2.23. The number of fused-ring (bicyclic) bond motifs is 1. The molecule has 4 nitrogen and oxygen atoms in total. The van der Waals surface area contributed by atoms with E-state index in [1.807, 2.05) is 12.4 Å². The third-order valence-electron chi connectivity index (χ3n) is 4.94. The highest BCUT2D eigenvalue weighted by atomic mass is 15.0. The van der Waals surface area contributed by atoms with Crippen LogP contribution in [0.1, 0.15) is 36.8 Å². The van der Waals surface area contributed by atoms with E-state index in [9.17, 15) is 0 Å². The number of amidine groups is 1. The topological polar surface area (TPSA) is 64.2 Å². The highest BCUT2D eigenvalue weighted by Gasteiger charge is 2.36. The normalized spacial score (nSPS) is 23.9. The van der Waals surface area contributed by atoms with Crippen molar-refractivity contribution in [2.45, 2.75) is 44.1 Å². The molecule has 1 spiro atoms. The zero-order chi connectivity index (χ0) is 15.0. The number of aliphatic imine (C=N–C) groups is 1. The molecule has 1 unspecified atom stereocenters. The molecular formula is C18H20N4. The van der Waals surface area contributed by atoms with Crippen molar-refractivity contribution in [1.82, 2.24) is 9.97 Å². The molecule has 0 saturated carbocycles. The number of aryl methyl sites for hydroxylation is 1. The molecule has 1 aromatic carbocycles. The van der Waals surface area contributed by atoms with E-state index in [2.05, 4.69) is 28.2 Å². The van der Waals surface area contributed by atoms with Crippen molar-refractivity contribution >= 4 is 5.84 Å². The van der Waals surface area contributed by atoms with Gasteiger partial charge in [0.1, 0.15) is 6.33 Å². The highest BCUT2D eigenvalue weighted by molar-refractivity contribution is 5.82. The van der Waals surface area contributed by atoms with Crippen LogP contribution >= 0.6 is 0 Å². The van der Waals surface area contributed by atoms with Crippen LogP contribution in [0.2, 0.25) is 0 Å². The number of benzene rings is 1. The summed E-state index contributed by atoms with van der Waals surface area (Å²) in [5, 5.41) is 0. The first-order chi connectivity index (χ1) is 10.7. The van der Waals surface area contributed by atoms with Crippen LogP contribution in [-0.4, -0.2) is 21.3 Å². The lowest BCUT2D eigenvalue weighted by Crippen LogP contribution is -2.26. The Kier molecular flexibility index (Phi) is 3.17. The summed E-state index contributed by atoms with van der Waals surface area (Å²) in [4.78, 5) is 13.1. The molecule has 2 aromatic rings. The minimum atomic E-state index is 0.0428. The van der Waals surface area contributed by atoms with Gasteiger partial charge in [0, 0.05) is 24.4 Å². The SMILES string of the molecule is NC1=NC2(CCCc3ccc(-c4cncnc4)cc3C2)CC1. The van der Waals surface area contributed by atoms with E-state index in [4.69, 9.17) is 10.7 Å². The number of hydrogen-bond donors (Lipinski definition) is 1. The van der Waals surface area contributed by atoms with Crippen LogP contribution in [0.3, 0.4) is 0 Å². The molecule has 1 aliphatic carbocycles. The summed E-state index contributed by atoms with van der Waals surface area (Å²) in [6.07, 6.45) is 11.8. The standard InChI is InChI=1S/C18H20N4/c19-17-5-7-18(22-17)6-1-2-13-3-4-14(8-15(13)9-18)16-10-20-12-21-11-16/h3-4,8,10-12H,1-2,5-7,9H2,(H2,19,22). The molecule has 2 heterocycles. The van der Waals surface area contributed by atoms with Gasteiger partial charge in [-0.15, -0.1) is 0 Å². The summed E-state index contributed by atoms with van der Waals surface area (Å²) in [7, 11) is 0. The Morgan fingerprint density at radius 1 is 0.955 bits per heavy atom. The predicted molar refractivity (Wildman–Crippen MR) is 87.7 cm³/mol. The van der Waals surface area contributed by atoms with Gasteiger partial charge in [0.15, 0.2) is 0 Å². The molecule has 112 valence electrons. The van der Waals surface area contributed by atoms with Gasteiger partial charge < -0.3 is 5.73 Å². The quantitative estimate of drug-likeness (QED) is 0.879. The molecule has 4 rings (SSSR count). The van der Waals surface area contributed by atoms with E-state index in [1.165, 1.54) is 23.1 Å². The Balaban J connectivity index is 1.73. The van der Waals surface area contributed by atoms with E-state index in [1.54, 1.807) is 6.33 Å². The van der Waals surface area contributed by atoms with Crippen molar-refractivity contribution in [2.24, 2.45) is 10.7 Å². The van der Waals surface area contributed by atoms with Crippen LogP contribution in [0.15, 0.2) is 41.9 Å². The molecule has 2 N–H and O–H groups in total. The van der Waals surface area contributed by atoms with E-state index < -0.39 is 0 Å². The molecule has 22 heavy (non-hydrogen) atoms. The van der Waals surface area contributed by atoms with Gasteiger partial charge >= 0.3 is 0 Å². The number of aromatic nitrogens is 2. The molecule has 4 heteroatoms. The van der Waals surface area contributed by atoms with Crippen molar-refractivity contribution < 1.29 is 0 Å². The van der Waals surface area contributed by atoms with Gasteiger partial charge in [0.25, 0.3) is 0 Å². The van der Waals surface area contributed by atoms with Crippen LogP contribution in [0.5, 0.6) is 0 Å². The first-order valence-electron chi connectivity index (χ1n) is 7.96. The second-order valence-corrected chi connectivity index (χ2v) is 6.47. The molecule has 0 amide bonds. The van der Waals surface area contributed by atoms with Gasteiger partial charge in [0.05, 0.1) is 11.4 Å².